The van der Waals surface area contributed by atoms with Gasteiger partial charge in [-0.15, -0.1) is 0 Å². The van der Waals surface area contributed by atoms with Crippen LogP contribution in [-0.4, -0.2) is 24.6 Å². The quantitative estimate of drug-likeness (QED) is 0.625. The van der Waals surface area contributed by atoms with E-state index in [0.29, 0.717) is 28.1 Å². The fourth-order valence-corrected chi connectivity index (χ4v) is 2.67. The van der Waals surface area contributed by atoms with Gasteiger partial charge in [0.25, 0.3) is 0 Å². The molecule has 0 saturated carbocycles. The lowest BCUT2D eigenvalue weighted by atomic mass is 9.76. The number of para-hydroxylation sites is 1. The summed E-state index contributed by atoms with van der Waals surface area (Å²) in [6, 6.07) is 14.2. The number of nitriles is 1. The number of benzene rings is 2. The molecule has 1 fully saturated rings. The third-order valence-electron chi connectivity index (χ3n) is 4.93. The minimum atomic E-state index is -0.671. The molecule has 0 bridgehead atoms. The van der Waals surface area contributed by atoms with Crippen molar-refractivity contribution in [1.82, 2.24) is 0 Å². The van der Waals surface area contributed by atoms with Gasteiger partial charge in [0.2, 0.25) is 0 Å². The van der Waals surface area contributed by atoms with E-state index in [-0.39, 0.29) is 0 Å². The average Bonchev–Trinajstić information content (AvgIpc) is 2.83. The first-order valence-corrected chi connectivity index (χ1v) is 8.39. The number of hydrogen-bond acceptors (Lipinski definition) is 5. The van der Waals surface area contributed by atoms with Gasteiger partial charge in [0, 0.05) is 5.56 Å². The molecule has 0 spiro atoms. The third kappa shape index (κ3) is 3.24. The number of carbonyl (C=O) groups excluding carboxylic acids is 1. The lowest BCUT2D eigenvalue weighted by Gasteiger charge is -2.32. The van der Waals surface area contributed by atoms with E-state index in [1.165, 1.54) is 0 Å². The van der Waals surface area contributed by atoms with E-state index in [1.54, 1.807) is 42.5 Å². The van der Waals surface area contributed by atoms with E-state index in [0.717, 1.165) is 6.29 Å². The number of nitrogens with zero attached hydrogens (tertiary/aromatic N) is 1. The Kier molecular flexibility index (Phi) is 4.62. The van der Waals surface area contributed by atoms with Crippen LogP contribution < -0.4 is 10.2 Å². The summed E-state index contributed by atoms with van der Waals surface area (Å²) in [6.45, 7) is 7.82. The normalized spacial score (nSPS) is 17.6. The van der Waals surface area contributed by atoms with E-state index in [4.69, 9.17) is 14.0 Å². The second kappa shape index (κ2) is 6.60. The van der Waals surface area contributed by atoms with Crippen molar-refractivity contribution in [1.29, 1.82) is 5.26 Å². The van der Waals surface area contributed by atoms with Crippen molar-refractivity contribution in [2.75, 3.05) is 0 Å². The standard InChI is InChI=1S/C20H20BNO4/c1-19(2)20(3,4)26-21(25-19)17-11-16(10-9-15(17)13-23)24-18-8-6-5-7-14(18)12-22/h5-11,13H,1-4H3. The molecule has 0 N–H and O–H groups in total. The third-order valence-corrected chi connectivity index (χ3v) is 4.93. The monoisotopic (exact) mass is 349 g/mol. The molecule has 6 heteroatoms. The second-order valence-electron chi connectivity index (χ2n) is 7.21. The number of ether oxygens (including phenoxy) is 1. The van der Waals surface area contributed by atoms with Gasteiger partial charge < -0.3 is 14.0 Å². The van der Waals surface area contributed by atoms with E-state index < -0.39 is 18.3 Å². The molecule has 0 radical (unpaired) electrons. The maximum absolute atomic E-state index is 11.5. The molecule has 3 rings (SSSR count). The maximum atomic E-state index is 11.5. The molecule has 0 aliphatic carbocycles. The van der Waals surface area contributed by atoms with Crippen LogP contribution in [0.2, 0.25) is 0 Å². The predicted molar refractivity (Wildman–Crippen MR) is 98.8 cm³/mol. The van der Waals surface area contributed by atoms with Gasteiger partial charge in [0.15, 0.2) is 0 Å². The number of aldehydes is 1. The molecule has 0 unspecified atom stereocenters. The SMILES string of the molecule is CC1(C)OB(c2cc(Oc3ccccc3C#N)ccc2C=O)OC1(C)C. The average molecular weight is 349 g/mol. The molecule has 0 aromatic heterocycles. The maximum Gasteiger partial charge on any atom is 0.495 e. The first-order chi connectivity index (χ1) is 12.3. The first-order valence-electron chi connectivity index (χ1n) is 8.39. The van der Waals surface area contributed by atoms with Gasteiger partial charge >= 0.3 is 7.12 Å². The fourth-order valence-electron chi connectivity index (χ4n) is 2.67. The zero-order valence-electron chi connectivity index (χ0n) is 15.3. The van der Waals surface area contributed by atoms with Crippen LogP contribution in [0.15, 0.2) is 42.5 Å². The van der Waals surface area contributed by atoms with Gasteiger partial charge in [-0.3, -0.25) is 4.79 Å². The largest absolute Gasteiger partial charge is 0.495 e. The highest BCUT2D eigenvalue weighted by Crippen LogP contribution is 2.37. The van der Waals surface area contributed by atoms with Crippen molar-refractivity contribution < 1.29 is 18.8 Å². The van der Waals surface area contributed by atoms with Crippen molar-refractivity contribution in [3.05, 3.63) is 53.6 Å². The lowest BCUT2D eigenvalue weighted by Crippen LogP contribution is -2.41. The topological polar surface area (TPSA) is 68.5 Å². The zero-order chi connectivity index (χ0) is 18.9. The summed E-state index contributed by atoms with van der Waals surface area (Å²) in [5.74, 6) is 0.955. The lowest BCUT2D eigenvalue weighted by molar-refractivity contribution is 0.00578. The van der Waals surface area contributed by atoms with Crippen LogP contribution in [0.5, 0.6) is 11.5 Å². The molecule has 1 aliphatic heterocycles. The second-order valence-corrected chi connectivity index (χ2v) is 7.21. The zero-order valence-corrected chi connectivity index (χ0v) is 15.3. The van der Waals surface area contributed by atoms with Crippen molar-refractivity contribution in [2.24, 2.45) is 0 Å². The van der Waals surface area contributed by atoms with Gasteiger partial charge in [-0.1, -0.05) is 12.1 Å². The van der Waals surface area contributed by atoms with Crippen LogP contribution >= 0.6 is 0 Å². The molecule has 2 aromatic rings. The summed E-state index contributed by atoms with van der Waals surface area (Å²) in [5.41, 5.74) is 0.489. The van der Waals surface area contributed by atoms with Crippen LogP contribution in [0, 0.1) is 11.3 Å². The minimum absolute atomic E-state index is 0.434. The van der Waals surface area contributed by atoms with Gasteiger partial charge in [-0.25, -0.2) is 0 Å². The van der Waals surface area contributed by atoms with Gasteiger partial charge in [-0.2, -0.15) is 5.26 Å². The van der Waals surface area contributed by atoms with Crippen molar-refractivity contribution in [2.45, 2.75) is 38.9 Å². The molecule has 0 amide bonds. The smallest absolute Gasteiger partial charge is 0.456 e. The summed E-state index contributed by atoms with van der Waals surface area (Å²) in [6.07, 6.45) is 0.771. The van der Waals surface area contributed by atoms with Crippen molar-refractivity contribution >= 4 is 18.9 Å². The minimum Gasteiger partial charge on any atom is -0.456 e. The molecular weight excluding hydrogens is 329 g/mol. The van der Waals surface area contributed by atoms with Gasteiger partial charge in [0.05, 0.1) is 16.8 Å². The fraction of sp³-hybridized carbons (Fsp3) is 0.300. The van der Waals surface area contributed by atoms with Crippen LogP contribution in [0.4, 0.5) is 0 Å². The summed E-state index contributed by atoms with van der Waals surface area (Å²) in [5, 5.41) is 9.20. The van der Waals surface area contributed by atoms with Crippen molar-refractivity contribution in [3.8, 4) is 17.6 Å². The van der Waals surface area contributed by atoms with Crippen LogP contribution in [0.1, 0.15) is 43.6 Å². The van der Waals surface area contributed by atoms with E-state index in [2.05, 4.69) is 6.07 Å². The van der Waals surface area contributed by atoms with Crippen LogP contribution in [0.25, 0.3) is 0 Å². The Morgan fingerprint density at radius 1 is 1.08 bits per heavy atom. The Labute approximate surface area is 153 Å². The van der Waals surface area contributed by atoms with Crippen LogP contribution in [0.3, 0.4) is 0 Å². The molecule has 1 aliphatic rings. The Hall–Kier alpha value is -2.62. The van der Waals surface area contributed by atoms with Gasteiger partial charge in [-0.05, 0) is 63.5 Å². The highest BCUT2D eigenvalue weighted by Gasteiger charge is 2.52. The Morgan fingerprint density at radius 3 is 2.35 bits per heavy atom. The van der Waals surface area contributed by atoms with E-state index in [1.807, 2.05) is 27.7 Å². The Balaban J connectivity index is 1.96. The first kappa shape index (κ1) is 18.2. The highest BCUT2D eigenvalue weighted by molar-refractivity contribution is 6.63. The predicted octanol–water partition coefficient (Wildman–Crippen LogP) is 3.46. The molecule has 132 valence electrons. The van der Waals surface area contributed by atoms with Crippen molar-refractivity contribution in [3.63, 3.8) is 0 Å². The highest BCUT2D eigenvalue weighted by atomic mass is 16.7. The molecular formula is C20H20BNO4. The number of hydrogen-bond donors (Lipinski definition) is 0. The van der Waals surface area contributed by atoms with Gasteiger partial charge in [0.1, 0.15) is 23.9 Å². The summed E-state index contributed by atoms with van der Waals surface area (Å²) in [7, 11) is -0.671. The summed E-state index contributed by atoms with van der Waals surface area (Å²) in [4.78, 5) is 11.5. The number of carbonyl (C=O) groups is 1. The molecule has 5 nitrogen and oxygen atoms in total. The molecule has 1 heterocycles. The Morgan fingerprint density at radius 2 is 1.73 bits per heavy atom. The summed E-state index contributed by atoms with van der Waals surface area (Å²) >= 11 is 0. The molecule has 2 aromatic carbocycles. The molecule has 0 atom stereocenters. The Bertz CT molecular complexity index is 870. The molecule has 1 saturated heterocycles. The van der Waals surface area contributed by atoms with Crippen LogP contribution in [-0.2, 0) is 9.31 Å². The van der Waals surface area contributed by atoms with E-state index in [9.17, 15) is 10.1 Å². The molecule has 26 heavy (non-hydrogen) atoms. The number of rotatable bonds is 4. The summed E-state index contributed by atoms with van der Waals surface area (Å²) < 4.78 is 18.0. The van der Waals surface area contributed by atoms with E-state index >= 15 is 0 Å².